The molecule has 0 unspecified atom stereocenters. The molecule has 0 spiro atoms. The van der Waals surface area contributed by atoms with E-state index < -0.39 is 0 Å². The summed E-state index contributed by atoms with van der Waals surface area (Å²) in [5.41, 5.74) is 2.61. The number of hydrogen-bond acceptors (Lipinski definition) is 4. The van der Waals surface area contributed by atoms with E-state index in [0.29, 0.717) is 44.5 Å². The summed E-state index contributed by atoms with van der Waals surface area (Å²) in [6.07, 6.45) is 2.72. The lowest BCUT2D eigenvalue weighted by Crippen LogP contribution is -2.40. The lowest BCUT2D eigenvalue weighted by atomic mass is 10.1. The normalized spacial score (nSPS) is 17.9. The number of rotatable bonds is 3. The van der Waals surface area contributed by atoms with E-state index >= 15 is 0 Å². The maximum absolute atomic E-state index is 12.7. The summed E-state index contributed by atoms with van der Waals surface area (Å²) in [5.74, 6) is 0.141. The summed E-state index contributed by atoms with van der Waals surface area (Å²) in [4.78, 5) is 28.5. The first kappa shape index (κ1) is 15.9. The Bertz CT molecular complexity index is 805. The molecule has 2 aliphatic rings. The van der Waals surface area contributed by atoms with Crippen molar-refractivity contribution in [3.05, 3.63) is 53.5 Å². The van der Waals surface area contributed by atoms with Crippen molar-refractivity contribution in [1.29, 1.82) is 0 Å². The van der Waals surface area contributed by atoms with Gasteiger partial charge in [0, 0.05) is 24.3 Å². The zero-order valence-corrected chi connectivity index (χ0v) is 13.9. The predicted molar refractivity (Wildman–Crippen MR) is 91.2 cm³/mol. The fourth-order valence-corrected chi connectivity index (χ4v) is 3.52. The molecular formula is C19H20N2O4. The first-order valence-corrected chi connectivity index (χ1v) is 8.55. The molecule has 0 bridgehead atoms. The van der Waals surface area contributed by atoms with Crippen molar-refractivity contribution in [2.45, 2.75) is 31.9 Å². The summed E-state index contributed by atoms with van der Waals surface area (Å²) in [7, 11) is 0. The molecule has 0 aliphatic carbocycles. The molecular weight excluding hydrogens is 320 g/mol. The van der Waals surface area contributed by atoms with E-state index in [1.54, 1.807) is 15.9 Å². The number of likely N-dealkylation sites (tertiary alicyclic amines) is 1. The zero-order chi connectivity index (χ0) is 17.4. The summed E-state index contributed by atoms with van der Waals surface area (Å²) in [6, 6.07) is 9.46. The van der Waals surface area contributed by atoms with Crippen LogP contribution in [0.3, 0.4) is 0 Å². The van der Waals surface area contributed by atoms with Crippen LogP contribution in [-0.4, -0.2) is 41.0 Å². The highest BCUT2D eigenvalue weighted by Gasteiger charge is 2.30. The van der Waals surface area contributed by atoms with Crippen LogP contribution in [0.1, 0.15) is 34.5 Å². The quantitative estimate of drug-likeness (QED) is 0.927. The van der Waals surface area contributed by atoms with Crippen molar-refractivity contribution in [1.82, 2.24) is 4.90 Å². The molecule has 1 aromatic heterocycles. The van der Waals surface area contributed by atoms with Gasteiger partial charge in [0.1, 0.15) is 0 Å². The van der Waals surface area contributed by atoms with Crippen molar-refractivity contribution in [2.75, 3.05) is 18.0 Å². The fourth-order valence-electron chi connectivity index (χ4n) is 3.52. The van der Waals surface area contributed by atoms with E-state index in [9.17, 15) is 14.7 Å². The predicted octanol–water partition coefficient (Wildman–Crippen LogP) is 1.97. The molecule has 0 atom stereocenters. The first-order valence-electron chi connectivity index (χ1n) is 8.55. The first-order chi connectivity index (χ1) is 12.1. The van der Waals surface area contributed by atoms with Gasteiger partial charge >= 0.3 is 0 Å². The van der Waals surface area contributed by atoms with Gasteiger partial charge in [-0.2, -0.15) is 0 Å². The molecule has 1 saturated heterocycles. The highest BCUT2D eigenvalue weighted by molar-refractivity contribution is 6.01. The van der Waals surface area contributed by atoms with Crippen molar-refractivity contribution >= 4 is 17.5 Å². The number of benzene rings is 1. The molecule has 3 heterocycles. The van der Waals surface area contributed by atoms with Crippen LogP contribution in [-0.2, 0) is 17.8 Å². The number of aliphatic hydroxyl groups excluding tert-OH is 1. The summed E-state index contributed by atoms with van der Waals surface area (Å²) < 4.78 is 5.45. The molecule has 2 amide bonds. The minimum absolute atomic E-state index is 0.0295. The van der Waals surface area contributed by atoms with Crippen molar-refractivity contribution in [2.24, 2.45) is 0 Å². The fraction of sp³-hybridized carbons (Fsp3) is 0.368. The lowest BCUT2D eigenvalue weighted by Gasteiger charge is -2.29. The summed E-state index contributed by atoms with van der Waals surface area (Å²) >= 11 is 0. The highest BCUT2D eigenvalue weighted by atomic mass is 16.3. The van der Waals surface area contributed by atoms with Crippen LogP contribution in [0.2, 0.25) is 0 Å². The molecule has 1 N–H and O–H groups in total. The van der Waals surface area contributed by atoms with Crippen molar-refractivity contribution in [3.8, 4) is 0 Å². The SMILES string of the molecule is O=C(c1occc1CN1C(=O)Cc2ccccc21)N1CCC(O)CC1. The Morgan fingerprint density at radius 1 is 1.20 bits per heavy atom. The van der Waals surface area contributed by atoms with Crippen molar-refractivity contribution in [3.63, 3.8) is 0 Å². The molecule has 2 aromatic rings. The maximum Gasteiger partial charge on any atom is 0.289 e. The number of furan rings is 1. The molecule has 1 fully saturated rings. The number of fused-ring (bicyclic) bond motifs is 1. The number of anilines is 1. The van der Waals surface area contributed by atoms with Gasteiger partial charge in [-0.05, 0) is 30.5 Å². The number of aliphatic hydroxyl groups is 1. The number of carbonyl (C=O) groups excluding carboxylic acids is 2. The van der Waals surface area contributed by atoms with Gasteiger partial charge < -0.3 is 19.3 Å². The van der Waals surface area contributed by atoms with Gasteiger partial charge in [0.2, 0.25) is 5.91 Å². The zero-order valence-electron chi connectivity index (χ0n) is 13.9. The molecule has 1 aromatic carbocycles. The van der Waals surface area contributed by atoms with E-state index in [2.05, 4.69) is 0 Å². The van der Waals surface area contributed by atoms with E-state index in [4.69, 9.17) is 4.42 Å². The second-order valence-electron chi connectivity index (χ2n) is 6.58. The van der Waals surface area contributed by atoms with E-state index in [0.717, 1.165) is 11.3 Å². The van der Waals surface area contributed by atoms with Crippen molar-refractivity contribution < 1.29 is 19.1 Å². The number of carbonyl (C=O) groups is 2. The van der Waals surface area contributed by atoms with Crippen LogP contribution in [0.15, 0.2) is 41.0 Å². The van der Waals surface area contributed by atoms with Gasteiger partial charge in [0.25, 0.3) is 5.91 Å². The van der Waals surface area contributed by atoms with Crippen LogP contribution >= 0.6 is 0 Å². The number of para-hydroxylation sites is 1. The van der Waals surface area contributed by atoms with E-state index in [1.807, 2.05) is 24.3 Å². The molecule has 25 heavy (non-hydrogen) atoms. The Morgan fingerprint density at radius 3 is 2.76 bits per heavy atom. The minimum atomic E-state index is -0.334. The van der Waals surface area contributed by atoms with Gasteiger partial charge in [-0.3, -0.25) is 9.59 Å². The second-order valence-corrected chi connectivity index (χ2v) is 6.58. The monoisotopic (exact) mass is 340 g/mol. The topological polar surface area (TPSA) is 74.0 Å². The lowest BCUT2D eigenvalue weighted by molar-refractivity contribution is -0.117. The Balaban J connectivity index is 1.54. The standard InChI is InChI=1S/C19H20N2O4/c22-15-5-8-20(9-6-15)19(24)18-14(7-10-25-18)12-21-16-4-2-1-3-13(16)11-17(21)23/h1-4,7,10,15,22H,5-6,8-9,11-12H2. The Morgan fingerprint density at radius 2 is 1.96 bits per heavy atom. The number of hydrogen-bond donors (Lipinski definition) is 1. The van der Waals surface area contributed by atoms with Crippen LogP contribution in [0.5, 0.6) is 0 Å². The average Bonchev–Trinajstić information content (AvgIpc) is 3.20. The van der Waals surface area contributed by atoms with Gasteiger partial charge in [-0.1, -0.05) is 18.2 Å². The van der Waals surface area contributed by atoms with E-state index in [1.165, 1.54) is 6.26 Å². The summed E-state index contributed by atoms with van der Waals surface area (Å²) in [5, 5.41) is 9.60. The second kappa shape index (κ2) is 6.37. The number of piperidine rings is 1. The smallest absolute Gasteiger partial charge is 0.289 e. The Kier molecular flexibility index (Phi) is 4.05. The Labute approximate surface area is 145 Å². The minimum Gasteiger partial charge on any atom is -0.459 e. The van der Waals surface area contributed by atoms with Gasteiger partial charge in [0.05, 0.1) is 25.3 Å². The number of amides is 2. The average molecular weight is 340 g/mol. The molecule has 0 radical (unpaired) electrons. The van der Waals surface area contributed by atoms with Crippen LogP contribution in [0.4, 0.5) is 5.69 Å². The molecule has 6 heteroatoms. The number of nitrogens with zero attached hydrogens (tertiary/aromatic N) is 2. The Hall–Kier alpha value is -2.60. The maximum atomic E-state index is 12.7. The third-order valence-corrected chi connectivity index (χ3v) is 4.95. The van der Waals surface area contributed by atoms with E-state index in [-0.39, 0.29) is 23.7 Å². The van der Waals surface area contributed by atoms with Crippen LogP contribution in [0.25, 0.3) is 0 Å². The van der Waals surface area contributed by atoms with Gasteiger partial charge in [0.15, 0.2) is 5.76 Å². The van der Waals surface area contributed by atoms with Crippen LogP contribution < -0.4 is 4.90 Å². The molecule has 6 nitrogen and oxygen atoms in total. The molecule has 4 rings (SSSR count). The molecule has 2 aliphatic heterocycles. The van der Waals surface area contributed by atoms with Gasteiger partial charge in [-0.15, -0.1) is 0 Å². The third-order valence-electron chi connectivity index (χ3n) is 4.95. The highest BCUT2D eigenvalue weighted by Crippen LogP contribution is 2.31. The largest absolute Gasteiger partial charge is 0.459 e. The third kappa shape index (κ3) is 2.93. The van der Waals surface area contributed by atoms with Crippen LogP contribution in [0, 0.1) is 0 Å². The summed E-state index contributed by atoms with van der Waals surface area (Å²) in [6.45, 7) is 1.36. The van der Waals surface area contributed by atoms with Gasteiger partial charge in [-0.25, -0.2) is 0 Å². The molecule has 0 saturated carbocycles. The molecule has 130 valence electrons.